The van der Waals surface area contributed by atoms with Crippen LogP contribution >= 0.6 is 12.4 Å². The summed E-state index contributed by atoms with van der Waals surface area (Å²) in [5.41, 5.74) is 6.42. The van der Waals surface area contributed by atoms with Crippen LogP contribution in [-0.2, 0) is 0 Å². The van der Waals surface area contributed by atoms with Crippen LogP contribution in [0, 0.1) is 0 Å². The molecular weight excluding hydrogens is 270 g/mol. The number of methoxy groups -OCH3 is 3. The van der Waals surface area contributed by atoms with Gasteiger partial charge < -0.3 is 24.5 Å². The molecule has 0 aliphatic heterocycles. The maximum absolute atomic E-state index is 5.59. The molecule has 2 N–H and O–H groups in total. The van der Waals surface area contributed by atoms with Crippen molar-refractivity contribution < 1.29 is 14.2 Å². The minimum absolute atomic E-state index is 0. The standard InChI is InChI=1S/C12H15N3O3.ClH/c1-16-9-4-8(15-6-11(13)14-7-15)5-10(17-2)12(9)18-3;/h4-7H,13H2,1-3H3;1H. The Kier molecular flexibility index (Phi) is 4.88. The first-order valence-electron chi connectivity index (χ1n) is 5.29. The van der Waals surface area contributed by atoms with Crippen LogP contribution in [0.2, 0.25) is 0 Å². The normalized spacial score (nSPS) is 9.63. The van der Waals surface area contributed by atoms with Crippen molar-refractivity contribution >= 4 is 18.2 Å². The summed E-state index contributed by atoms with van der Waals surface area (Å²) in [5, 5.41) is 0. The Balaban J connectivity index is 0.00000180. The Labute approximate surface area is 117 Å². The summed E-state index contributed by atoms with van der Waals surface area (Å²) < 4.78 is 17.6. The summed E-state index contributed by atoms with van der Waals surface area (Å²) in [6.07, 6.45) is 3.33. The van der Waals surface area contributed by atoms with E-state index in [1.807, 2.05) is 12.1 Å². The molecule has 0 radical (unpaired) electrons. The molecule has 0 aliphatic carbocycles. The first kappa shape index (κ1) is 15.0. The lowest BCUT2D eigenvalue weighted by Crippen LogP contribution is -1.98. The molecule has 0 aliphatic rings. The summed E-state index contributed by atoms with van der Waals surface area (Å²) >= 11 is 0. The third kappa shape index (κ3) is 2.85. The van der Waals surface area contributed by atoms with Crippen molar-refractivity contribution in [3.8, 4) is 22.9 Å². The smallest absolute Gasteiger partial charge is 0.203 e. The zero-order chi connectivity index (χ0) is 13.1. The van der Waals surface area contributed by atoms with E-state index in [1.165, 1.54) is 0 Å². The van der Waals surface area contributed by atoms with Crippen LogP contribution in [0.3, 0.4) is 0 Å². The minimum Gasteiger partial charge on any atom is -0.493 e. The van der Waals surface area contributed by atoms with Crippen molar-refractivity contribution in [2.24, 2.45) is 0 Å². The molecular formula is C12H16ClN3O3. The monoisotopic (exact) mass is 285 g/mol. The van der Waals surface area contributed by atoms with Crippen LogP contribution in [0.15, 0.2) is 24.7 Å². The van der Waals surface area contributed by atoms with E-state index in [2.05, 4.69) is 4.98 Å². The highest BCUT2D eigenvalue weighted by molar-refractivity contribution is 5.85. The second-order valence-electron chi connectivity index (χ2n) is 3.59. The SMILES string of the molecule is COc1cc(-n2cnc(N)c2)cc(OC)c1OC.Cl. The van der Waals surface area contributed by atoms with E-state index in [0.29, 0.717) is 23.1 Å². The van der Waals surface area contributed by atoms with Crippen molar-refractivity contribution in [3.63, 3.8) is 0 Å². The summed E-state index contributed by atoms with van der Waals surface area (Å²) in [6, 6.07) is 3.64. The molecule has 6 nitrogen and oxygen atoms in total. The molecule has 1 aromatic heterocycles. The molecule has 104 valence electrons. The summed E-state index contributed by atoms with van der Waals surface area (Å²) in [5.74, 6) is 2.17. The molecule has 0 fully saturated rings. The van der Waals surface area contributed by atoms with Gasteiger partial charge in [0.15, 0.2) is 11.5 Å². The van der Waals surface area contributed by atoms with Gasteiger partial charge in [0.25, 0.3) is 0 Å². The maximum atomic E-state index is 5.59. The maximum Gasteiger partial charge on any atom is 0.203 e. The molecule has 2 aromatic rings. The minimum atomic E-state index is 0. The number of hydrogen-bond donors (Lipinski definition) is 1. The summed E-state index contributed by atoms with van der Waals surface area (Å²) in [7, 11) is 4.71. The first-order chi connectivity index (χ1) is 8.69. The molecule has 7 heteroatoms. The van der Waals surface area contributed by atoms with E-state index in [4.69, 9.17) is 19.9 Å². The highest BCUT2D eigenvalue weighted by Gasteiger charge is 2.14. The van der Waals surface area contributed by atoms with Gasteiger partial charge in [0.2, 0.25) is 5.75 Å². The lowest BCUT2D eigenvalue weighted by molar-refractivity contribution is 0.324. The van der Waals surface area contributed by atoms with Crippen molar-refractivity contribution in [1.82, 2.24) is 9.55 Å². The predicted molar refractivity (Wildman–Crippen MR) is 74.9 cm³/mol. The summed E-state index contributed by atoms with van der Waals surface area (Å²) in [6.45, 7) is 0. The first-order valence-corrected chi connectivity index (χ1v) is 5.29. The Hall–Kier alpha value is -2.08. The Morgan fingerprint density at radius 1 is 1.05 bits per heavy atom. The van der Waals surface area contributed by atoms with Crippen molar-refractivity contribution in [2.45, 2.75) is 0 Å². The van der Waals surface area contributed by atoms with Crippen molar-refractivity contribution in [3.05, 3.63) is 24.7 Å². The number of halogens is 1. The topological polar surface area (TPSA) is 71.5 Å². The molecule has 19 heavy (non-hydrogen) atoms. The quantitative estimate of drug-likeness (QED) is 0.929. The number of aromatic nitrogens is 2. The molecule has 0 atom stereocenters. The van der Waals surface area contributed by atoms with E-state index in [1.54, 1.807) is 38.4 Å². The second-order valence-corrected chi connectivity index (χ2v) is 3.59. The zero-order valence-corrected chi connectivity index (χ0v) is 11.7. The molecule has 0 unspecified atom stereocenters. The number of rotatable bonds is 4. The van der Waals surface area contributed by atoms with Crippen LogP contribution in [-0.4, -0.2) is 30.9 Å². The fourth-order valence-electron chi connectivity index (χ4n) is 1.70. The molecule has 0 saturated heterocycles. The fraction of sp³-hybridized carbons (Fsp3) is 0.250. The zero-order valence-electron chi connectivity index (χ0n) is 10.9. The number of anilines is 1. The molecule has 0 bridgehead atoms. The van der Waals surface area contributed by atoms with Crippen LogP contribution in [0.25, 0.3) is 5.69 Å². The molecule has 1 heterocycles. The third-order valence-electron chi connectivity index (χ3n) is 2.55. The third-order valence-corrected chi connectivity index (χ3v) is 2.55. The van der Waals surface area contributed by atoms with Gasteiger partial charge in [0.1, 0.15) is 12.1 Å². The Morgan fingerprint density at radius 2 is 1.63 bits per heavy atom. The second kappa shape index (κ2) is 6.19. The molecule has 0 amide bonds. The van der Waals surface area contributed by atoms with Gasteiger partial charge in [-0.15, -0.1) is 12.4 Å². The van der Waals surface area contributed by atoms with E-state index in [-0.39, 0.29) is 12.4 Å². The van der Waals surface area contributed by atoms with E-state index in [0.717, 1.165) is 5.69 Å². The molecule has 0 saturated carbocycles. The van der Waals surface area contributed by atoms with Gasteiger partial charge in [-0.25, -0.2) is 4.98 Å². The van der Waals surface area contributed by atoms with E-state index >= 15 is 0 Å². The van der Waals surface area contributed by atoms with Gasteiger partial charge in [-0.3, -0.25) is 0 Å². The van der Waals surface area contributed by atoms with Crippen LogP contribution in [0.5, 0.6) is 17.2 Å². The number of imidazole rings is 1. The highest BCUT2D eigenvalue weighted by Crippen LogP contribution is 2.39. The average molecular weight is 286 g/mol. The van der Waals surface area contributed by atoms with Gasteiger partial charge in [0.05, 0.1) is 33.2 Å². The molecule has 0 spiro atoms. The summed E-state index contributed by atoms with van der Waals surface area (Å²) in [4.78, 5) is 3.97. The Bertz CT molecular complexity index is 532. The van der Waals surface area contributed by atoms with Crippen LogP contribution < -0.4 is 19.9 Å². The van der Waals surface area contributed by atoms with Gasteiger partial charge >= 0.3 is 0 Å². The average Bonchev–Trinajstić information content (AvgIpc) is 2.83. The van der Waals surface area contributed by atoms with Gasteiger partial charge in [-0.2, -0.15) is 0 Å². The lowest BCUT2D eigenvalue weighted by atomic mass is 10.2. The van der Waals surface area contributed by atoms with Crippen LogP contribution in [0.4, 0.5) is 5.82 Å². The molecule has 1 aromatic carbocycles. The number of benzene rings is 1. The number of hydrogen-bond acceptors (Lipinski definition) is 5. The van der Waals surface area contributed by atoms with E-state index in [9.17, 15) is 0 Å². The highest BCUT2D eigenvalue weighted by atomic mass is 35.5. The van der Waals surface area contributed by atoms with Crippen molar-refractivity contribution in [1.29, 1.82) is 0 Å². The van der Waals surface area contributed by atoms with Crippen LogP contribution in [0.1, 0.15) is 0 Å². The predicted octanol–water partition coefficient (Wildman–Crippen LogP) is 1.90. The van der Waals surface area contributed by atoms with Gasteiger partial charge in [0, 0.05) is 12.1 Å². The van der Waals surface area contributed by atoms with E-state index < -0.39 is 0 Å². The number of ether oxygens (including phenoxy) is 3. The largest absolute Gasteiger partial charge is 0.493 e. The number of nitrogens with two attached hydrogens (primary N) is 1. The van der Waals surface area contributed by atoms with Gasteiger partial charge in [-0.1, -0.05) is 0 Å². The number of nitrogens with zero attached hydrogens (tertiary/aromatic N) is 2. The van der Waals surface area contributed by atoms with Gasteiger partial charge in [-0.05, 0) is 0 Å². The fourth-order valence-corrected chi connectivity index (χ4v) is 1.70. The molecule has 2 rings (SSSR count). The Morgan fingerprint density at radius 3 is 2.00 bits per heavy atom. The number of nitrogen functional groups attached to an aromatic ring is 1. The van der Waals surface area contributed by atoms with Crippen molar-refractivity contribution in [2.75, 3.05) is 27.1 Å². The lowest BCUT2D eigenvalue weighted by Gasteiger charge is -2.14.